The van der Waals surface area contributed by atoms with Crippen molar-refractivity contribution in [1.82, 2.24) is 15.0 Å². The number of nitrogens with one attached hydrogen (secondary N) is 2. The van der Waals surface area contributed by atoms with Crippen LogP contribution in [0.4, 0.5) is 17.5 Å². The Morgan fingerprint density at radius 1 is 1.15 bits per heavy atom. The van der Waals surface area contributed by atoms with Gasteiger partial charge < -0.3 is 15.7 Å². The second-order valence-corrected chi connectivity index (χ2v) is 9.55. The summed E-state index contributed by atoms with van der Waals surface area (Å²) in [6.45, 7) is 7.55. The Morgan fingerprint density at radius 2 is 1.94 bits per heavy atom. The van der Waals surface area contributed by atoms with E-state index in [2.05, 4.69) is 22.5 Å². The van der Waals surface area contributed by atoms with Gasteiger partial charge in [0, 0.05) is 18.5 Å². The zero-order valence-electron chi connectivity index (χ0n) is 19.6. The summed E-state index contributed by atoms with van der Waals surface area (Å²) in [6, 6.07) is 9.91. The van der Waals surface area contributed by atoms with E-state index in [4.69, 9.17) is 15.0 Å². The third-order valence-corrected chi connectivity index (χ3v) is 6.76. The molecule has 0 spiro atoms. The van der Waals surface area contributed by atoms with Gasteiger partial charge in [-0.05, 0) is 44.6 Å². The van der Waals surface area contributed by atoms with E-state index in [0.29, 0.717) is 19.0 Å². The van der Waals surface area contributed by atoms with Gasteiger partial charge in [0.15, 0.2) is 0 Å². The Morgan fingerprint density at radius 3 is 2.58 bits per heavy atom. The minimum atomic E-state index is 0.194. The molecule has 0 aliphatic carbocycles. The van der Waals surface area contributed by atoms with Crippen LogP contribution >= 0.6 is 23.1 Å². The minimum absolute atomic E-state index is 0.194. The van der Waals surface area contributed by atoms with E-state index in [1.54, 1.807) is 23.1 Å². The number of aliphatic hydroxyl groups excluding tert-OH is 1. The van der Waals surface area contributed by atoms with Gasteiger partial charge in [-0.15, -0.1) is 23.1 Å². The Kier molecular flexibility index (Phi) is 9.65. The number of rotatable bonds is 11. The van der Waals surface area contributed by atoms with E-state index in [0.717, 1.165) is 51.3 Å². The molecule has 0 bridgehead atoms. The number of aryl methyl sites for hydroxylation is 2. The average Bonchev–Trinajstić information content (AvgIpc) is 3.25. The Balaban J connectivity index is 1.90. The fourth-order valence-corrected chi connectivity index (χ4v) is 4.60. The highest BCUT2D eigenvalue weighted by Crippen LogP contribution is 2.27. The molecule has 7 nitrogen and oxygen atoms in total. The standard InChI is InChI=1S/C24H32N6OS2/c1-5-18(14-31)11-12-25-22-21(23(32-4)29-19-9-7-6-8-10-19)16(2)27-24(30-22)26-13-20-15-33-17(3)28-20/h6-10,15,18,31H,5,11-14H2,1-4H3,(H2,25,26,27,30). The SMILES string of the molecule is CCC(CO)CCNc1nc(NCc2csc(C)n2)nc(C)c1C(=Nc1ccccc1)SC. The van der Waals surface area contributed by atoms with Crippen LogP contribution in [0.3, 0.4) is 0 Å². The Labute approximate surface area is 204 Å². The molecule has 0 amide bonds. The maximum atomic E-state index is 9.55. The van der Waals surface area contributed by atoms with Crippen molar-refractivity contribution in [2.24, 2.45) is 10.9 Å². The first-order chi connectivity index (χ1) is 16.0. The van der Waals surface area contributed by atoms with Crippen LogP contribution in [0.5, 0.6) is 0 Å². The van der Waals surface area contributed by atoms with E-state index in [-0.39, 0.29) is 12.5 Å². The predicted octanol–water partition coefficient (Wildman–Crippen LogP) is 5.42. The predicted molar refractivity (Wildman–Crippen MR) is 141 cm³/mol. The molecule has 9 heteroatoms. The summed E-state index contributed by atoms with van der Waals surface area (Å²) in [7, 11) is 0. The van der Waals surface area contributed by atoms with Gasteiger partial charge in [-0.3, -0.25) is 0 Å². The number of aromatic nitrogens is 3. The molecular formula is C24H32N6OS2. The zero-order valence-corrected chi connectivity index (χ0v) is 21.3. The van der Waals surface area contributed by atoms with Crippen LogP contribution in [-0.2, 0) is 6.54 Å². The lowest BCUT2D eigenvalue weighted by Gasteiger charge is -2.17. The molecule has 0 fully saturated rings. The van der Waals surface area contributed by atoms with Crippen molar-refractivity contribution in [3.05, 3.63) is 57.7 Å². The molecule has 1 atom stereocenters. The van der Waals surface area contributed by atoms with Gasteiger partial charge >= 0.3 is 0 Å². The lowest BCUT2D eigenvalue weighted by atomic mass is 10.0. The smallest absolute Gasteiger partial charge is 0.225 e. The summed E-state index contributed by atoms with van der Waals surface area (Å²) in [5.41, 5.74) is 3.61. The molecule has 1 aromatic carbocycles. The van der Waals surface area contributed by atoms with Gasteiger partial charge in [0.1, 0.15) is 10.9 Å². The second kappa shape index (κ2) is 12.7. The van der Waals surface area contributed by atoms with Crippen molar-refractivity contribution < 1.29 is 5.11 Å². The zero-order chi connectivity index (χ0) is 23.6. The topological polar surface area (TPSA) is 95.3 Å². The van der Waals surface area contributed by atoms with Gasteiger partial charge in [-0.25, -0.2) is 15.0 Å². The van der Waals surface area contributed by atoms with E-state index >= 15 is 0 Å². The van der Waals surface area contributed by atoms with Crippen LogP contribution in [0.1, 0.15) is 41.7 Å². The van der Waals surface area contributed by atoms with Gasteiger partial charge in [0.2, 0.25) is 5.95 Å². The molecule has 2 heterocycles. The van der Waals surface area contributed by atoms with E-state index in [1.807, 2.05) is 55.8 Å². The summed E-state index contributed by atoms with van der Waals surface area (Å²) in [4.78, 5) is 18.9. The van der Waals surface area contributed by atoms with Gasteiger partial charge in [0.05, 0.1) is 34.2 Å². The number of aliphatic imine (C=N–C) groups is 1. The highest BCUT2D eigenvalue weighted by molar-refractivity contribution is 8.13. The van der Waals surface area contributed by atoms with Crippen molar-refractivity contribution in [3.63, 3.8) is 0 Å². The maximum absolute atomic E-state index is 9.55. The molecule has 3 rings (SSSR count). The quantitative estimate of drug-likeness (QED) is 0.247. The number of nitrogens with zero attached hydrogens (tertiary/aromatic N) is 4. The molecule has 176 valence electrons. The summed E-state index contributed by atoms with van der Waals surface area (Å²) < 4.78 is 0. The maximum Gasteiger partial charge on any atom is 0.225 e. The number of thioether (sulfide) groups is 1. The Hall–Kier alpha value is -2.49. The lowest BCUT2D eigenvalue weighted by molar-refractivity contribution is 0.217. The molecular weight excluding hydrogens is 452 g/mol. The monoisotopic (exact) mass is 484 g/mol. The average molecular weight is 485 g/mol. The third kappa shape index (κ3) is 7.25. The number of aliphatic hydroxyl groups is 1. The van der Waals surface area contributed by atoms with Crippen LogP contribution in [0, 0.1) is 19.8 Å². The first-order valence-electron chi connectivity index (χ1n) is 11.1. The number of hydrogen-bond acceptors (Lipinski definition) is 9. The summed E-state index contributed by atoms with van der Waals surface area (Å²) >= 11 is 3.21. The highest BCUT2D eigenvalue weighted by Gasteiger charge is 2.18. The number of thiazole rings is 1. The third-order valence-electron chi connectivity index (χ3n) is 5.26. The minimum Gasteiger partial charge on any atom is -0.396 e. The first-order valence-corrected chi connectivity index (χ1v) is 13.2. The summed E-state index contributed by atoms with van der Waals surface area (Å²) in [5, 5.41) is 20.3. The fraction of sp³-hybridized carbons (Fsp3) is 0.417. The van der Waals surface area contributed by atoms with Gasteiger partial charge in [0.25, 0.3) is 0 Å². The second-order valence-electron chi connectivity index (χ2n) is 7.70. The molecule has 33 heavy (non-hydrogen) atoms. The van der Waals surface area contributed by atoms with E-state index in [1.165, 1.54) is 0 Å². The number of hydrogen-bond donors (Lipinski definition) is 3. The first kappa shape index (κ1) is 25.1. The van der Waals surface area contributed by atoms with Crippen molar-refractivity contribution in [1.29, 1.82) is 0 Å². The van der Waals surface area contributed by atoms with Crippen LogP contribution in [0.15, 0.2) is 40.7 Å². The van der Waals surface area contributed by atoms with Crippen LogP contribution in [0.25, 0.3) is 0 Å². The van der Waals surface area contributed by atoms with Crippen LogP contribution < -0.4 is 10.6 Å². The van der Waals surface area contributed by atoms with Crippen molar-refractivity contribution in [2.45, 2.75) is 40.2 Å². The fourth-order valence-electron chi connectivity index (χ4n) is 3.34. The van der Waals surface area contributed by atoms with Gasteiger partial charge in [-0.1, -0.05) is 31.5 Å². The number of benzene rings is 1. The lowest BCUT2D eigenvalue weighted by Crippen LogP contribution is -2.17. The highest BCUT2D eigenvalue weighted by atomic mass is 32.2. The molecule has 0 aliphatic rings. The van der Waals surface area contributed by atoms with Gasteiger partial charge in [-0.2, -0.15) is 4.98 Å². The van der Waals surface area contributed by atoms with Crippen molar-refractivity contribution in [3.8, 4) is 0 Å². The molecule has 0 saturated heterocycles. The van der Waals surface area contributed by atoms with Crippen molar-refractivity contribution >= 4 is 45.6 Å². The van der Waals surface area contributed by atoms with Crippen LogP contribution in [0.2, 0.25) is 0 Å². The normalized spacial score (nSPS) is 12.6. The molecule has 0 aliphatic heterocycles. The molecule has 2 aromatic heterocycles. The van der Waals surface area contributed by atoms with E-state index in [9.17, 15) is 5.11 Å². The molecule has 0 saturated carbocycles. The molecule has 1 unspecified atom stereocenters. The molecule has 3 aromatic rings. The molecule has 3 N–H and O–H groups in total. The Bertz CT molecular complexity index is 1050. The largest absolute Gasteiger partial charge is 0.396 e. The summed E-state index contributed by atoms with van der Waals surface area (Å²) in [5.74, 6) is 1.57. The number of anilines is 2. The van der Waals surface area contributed by atoms with Crippen molar-refractivity contribution in [2.75, 3.05) is 30.0 Å². The van der Waals surface area contributed by atoms with Crippen LogP contribution in [-0.4, -0.2) is 44.5 Å². The summed E-state index contributed by atoms with van der Waals surface area (Å²) in [6.07, 6.45) is 3.82. The van der Waals surface area contributed by atoms with E-state index < -0.39 is 0 Å². The number of para-hydroxylation sites is 1. The molecule has 0 radical (unpaired) electrons.